The first-order valence-electron chi connectivity index (χ1n) is 39.6. The number of methoxy groups -OCH3 is 4. The number of imide groups is 2. The van der Waals surface area contributed by atoms with E-state index in [-0.39, 0.29) is 105 Å². The van der Waals surface area contributed by atoms with E-state index in [4.69, 9.17) is 47.1 Å². The molecule has 0 radical (unpaired) electrons. The lowest BCUT2D eigenvalue weighted by atomic mass is 9.61. The summed E-state index contributed by atoms with van der Waals surface area (Å²) in [6.45, 7) is 23.6. The van der Waals surface area contributed by atoms with Gasteiger partial charge in [0.05, 0.1) is 30.0 Å². The summed E-state index contributed by atoms with van der Waals surface area (Å²) in [7, 11) is 7.05. The maximum absolute atomic E-state index is 13.8. The Morgan fingerprint density at radius 1 is 0.478 bits per heavy atom. The predicted octanol–water partition coefficient (Wildman–Crippen LogP) is 15.9. The van der Waals surface area contributed by atoms with Crippen LogP contribution in [0.2, 0.25) is 0 Å². The van der Waals surface area contributed by atoms with Gasteiger partial charge in [-0.1, -0.05) is 109 Å². The van der Waals surface area contributed by atoms with Gasteiger partial charge in [0.2, 0.25) is 0 Å². The molecule has 0 aromatic heterocycles. The van der Waals surface area contributed by atoms with Gasteiger partial charge in [0.25, 0.3) is 23.6 Å². The third-order valence-electron chi connectivity index (χ3n) is 25.9. The molecule has 0 bridgehead atoms. The average molecular weight is 1840 g/mol. The van der Waals surface area contributed by atoms with Crippen molar-refractivity contribution in [3.63, 3.8) is 0 Å². The summed E-state index contributed by atoms with van der Waals surface area (Å²) in [4.78, 5) is 92.6. The molecule has 28 heteroatoms. The second-order valence-electron chi connectivity index (χ2n) is 35.2. The molecule has 8 spiro atoms. The van der Waals surface area contributed by atoms with Crippen LogP contribution in [0.5, 0.6) is 0 Å². The fourth-order valence-electron chi connectivity index (χ4n) is 20.7. The molecule has 3 saturated heterocycles. The number of benzene rings is 4. The van der Waals surface area contributed by atoms with Crippen LogP contribution in [0.4, 0.5) is 9.59 Å². The van der Waals surface area contributed by atoms with Crippen LogP contribution in [0.1, 0.15) is 230 Å². The number of hydrogen-bond donors (Lipinski definition) is 7. The standard InChI is InChI=1S/C20H26BrN3O2.C20H25BrN2O3.C20H25BrN2O2S.C17H19BrN2O3.C4H10O2.C4H10.H3N.H2O/c1-12(2)24-17(25)20(23-18(24)22)16-10-14(21)5-4-13(16)11-19(20)8-6-15(26-3)7-9-19;1-12(2)23-17(24)20(22-18(23)25)16-10-14(21)5-4-13(16)11-19(20)8-6-15(26-3)7-9-19;1-12(2)23-17(24)20(22-18(23)26)16-10-14(21)5-4-13(16)11-19(20)8-6-15(25-3)7-9-19;1-23-12-4-6-16(7-5-12)9-10-2-3-11(18)8-13(10)17(16)14(21)19-15(22)20-17;1-4(2,3)6-5;1-4(2)3;;/h4-5,10,12,15H,6-9,11H2,1-3H3,(H2,22,23);4-5,10,12,15H,6-9,11H2,1-3H3,(H,22,25);4-5,10,12,15H,6-9,11H2,1-3H3,(H,22,26);2-3,8,12H,4-7,9H2,1H3,(H2,19,20,21,22);5H,1-3H3;4H,1-3H3;1H3;1H2. The predicted molar refractivity (Wildman–Crippen MR) is 456 cm³/mol. The number of guanidine groups is 1. The Kier molecular flexibility index (Phi) is 28.6. The van der Waals surface area contributed by atoms with E-state index in [9.17, 15) is 28.8 Å². The van der Waals surface area contributed by atoms with Gasteiger partial charge in [0.15, 0.2) is 33.2 Å². The first-order valence-corrected chi connectivity index (χ1v) is 43.2. The molecular weight excluding hydrogens is 1720 g/mol. The zero-order chi connectivity index (χ0) is 81.1. The Bertz CT molecular complexity index is 4100. The van der Waals surface area contributed by atoms with Gasteiger partial charge in [-0.3, -0.25) is 44.5 Å². The van der Waals surface area contributed by atoms with Gasteiger partial charge >= 0.3 is 12.1 Å². The lowest BCUT2D eigenvalue weighted by Gasteiger charge is -2.46. The van der Waals surface area contributed by atoms with E-state index in [2.05, 4.69) is 159 Å². The fraction of sp³-hybridized carbons (Fsp3) is 0.624. The first-order chi connectivity index (χ1) is 52.3. The maximum atomic E-state index is 13.8. The molecule has 8 aliphatic carbocycles. The molecular formula is C85H120Br4N10O13S. The number of aliphatic imine (C=N–C) groups is 1. The number of halogens is 4. The lowest BCUT2D eigenvalue weighted by molar-refractivity contribution is -0.306. The lowest BCUT2D eigenvalue weighted by Crippen LogP contribution is -2.57. The summed E-state index contributed by atoms with van der Waals surface area (Å²) in [5, 5.41) is 20.6. The second-order valence-corrected chi connectivity index (χ2v) is 39.3. The summed E-state index contributed by atoms with van der Waals surface area (Å²) in [6.07, 6.45) is 19.3. The number of ether oxygens (including phenoxy) is 4. The minimum absolute atomic E-state index is 0. The molecule has 4 atom stereocenters. The van der Waals surface area contributed by atoms with Crippen molar-refractivity contribution >= 4 is 123 Å². The summed E-state index contributed by atoms with van der Waals surface area (Å²) in [6, 6.07) is 24.0. The number of urea groups is 2. The molecule has 16 rings (SSSR count). The van der Waals surface area contributed by atoms with Gasteiger partial charge in [-0.25, -0.2) is 19.5 Å². The number of fused-ring (bicyclic) bond motifs is 12. The number of nitrogens with one attached hydrogen (secondary N) is 4. The molecule has 23 nitrogen and oxygen atoms in total. The Balaban J connectivity index is 0.000000165. The Labute approximate surface area is 706 Å². The minimum Gasteiger partial charge on any atom is -0.412 e. The summed E-state index contributed by atoms with van der Waals surface area (Å²) in [5.41, 5.74) is 10.3. The van der Waals surface area contributed by atoms with Crippen molar-refractivity contribution in [1.82, 2.24) is 42.1 Å². The summed E-state index contributed by atoms with van der Waals surface area (Å²) < 4.78 is 26.1. The van der Waals surface area contributed by atoms with Crippen molar-refractivity contribution in [3.05, 3.63) is 135 Å². The smallest absolute Gasteiger partial charge is 0.325 e. The number of nitrogens with two attached hydrogens (primary N) is 1. The number of rotatable bonds is 7. The van der Waals surface area contributed by atoms with E-state index in [1.165, 1.54) is 21.6 Å². The number of hydrogen-bond acceptors (Lipinski definition) is 16. The molecule has 4 aliphatic heterocycles. The highest BCUT2D eigenvalue weighted by molar-refractivity contribution is 9.11. The van der Waals surface area contributed by atoms with Gasteiger partial charge in [-0.2, -0.15) is 0 Å². The van der Waals surface area contributed by atoms with Gasteiger partial charge in [0.1, 0.15) is 0 Å². The van der Waals surface area contributed by atoms with Crippen molar-refractivity contribution in [1.29, 1.82) is 0 Å². The molecule has 4 aromatic rings. The average Bonchev–Trinajstić information content (AvgIpc) is 1.53. The Hall–Kier alpha value is -5.34. The number of nitrogens with zero attached hydrogens (tertiary/aromatic N) is 4. The van der Waals surface area contributed by atoms with Crippen molar-refractivity contribution in [2.75, 3.05) is 28.4 Å². The van der Waals surface area contributed by atoms with Crippen molar-refractivity contribution in [3.8, 4) is 0 Å². The molecule has 4 saturated carbocycles. The highest BCUT2D eigenvalue weighted by atomic mass is 79.9. The van der Waals surface area contributed by atoms with Crippen LogP contribution in [0, 0.1) is 27.6 Å². The zero-order valence-electron chi connectivity index (χ0n) is 68.6. The molecule has 113 heavy (non-hydrogen) atoms. The van der Waals surface area contributed by atoms with Gasteiger partial charge in [0, 0.05) is 86.1 Å². The van der Waals surface area contributed by atoms with E-state index < -0.39 is 33.8 Å². The van der Waals surface area contributed by atoms with Crippen LogP contribution in [-0.4, -0.2) is 149 Å². The van der Waals surface area contributed by atoms with Crippen molar-refractivity contribution < 1.29 is 63.3 Å². The van der Waals surface area contributed by atoms with Crippen molar-refractivity contribution in [2.45, 2.75) is 282 Å². The third-order valence-corrected chi connectivity index (χ3v) is 28.2. The third kappa shape index (κ3) is 16.1. The summed E-state index contributed by atoms with van der Waals surface area (Å²) in [5.74, 6) is 1.04. The topological polar surface area (TPSA) is 332 Å². The largest absolute Gasteiger partial charge is 0.412 e. The van der Waals surface area contributed by atoms with E-state index >= 15 is 0 Å². The number of thiocarbonyl (C=S) groups is 1. The fourth-order valence-corrected chi connectivity index (χ4v) is 22.6. The quantitative estimate of drug-likeness (QED) is 0.0391. The van der Waals surface area contributed by atoms with Crippen LogP contribution in [-0.2, 0) is 90.9 Å². The van der Waals surface area contributed by atoms with Gasteiger partial charge in [-0.15, -0.1) is 0 Å². The molecule has 12 aliphatic rings. The summed E-state index contributed by atoms with van der Waals surface area (Å²) >= 11 is 19.9. The highest BCUT2D eigenvalue weighted by Gasteiger charge is 2.72. The van der Waals surface area contributed by atoms with Gasteiger partial charge in [-0.05, 0) is 302 Å². The van der Waals surface area contributed by atoms with Crippen LogP contribution in [0.25, 0.3) is 0 Å². The molecule has 12 N–H and O–H groups in total. The normalized spacial score (nSPS) is 31.2. The number of amides is 8. The monoisotopic (exact) mass is 1840 g/mol. The molecule has 4 aromatic carbocycles. The van der Waals surface area contributed by atoms with E-state index in [0.29, 0.717) is 11.1 Å². The van der Waals surface area contributed by atoms with Gasteiger partial charge < -0.3 is 52.3 Å². The Morgan fingerprint density at radius 2 is 0.779 bits per heavy atom. The van der Waals surface area contributed by atoms with E-state index in [1.807, 2.05) is 65.8 Å². The van der Waals surface area contributed by atoms with Crippen LogP contribution >= 0.6 is 75.9 Å². The molecule has 8 amide bonds. The van der Waals surface area contributed by atoms with Crippen LogP contribution < -0.4 is 33.2 Å². The van der Waals surface area contributed by atoms with Crippen LogP contribution in [0.3, 0.4) is 0 Å². The number of carbonyl (C=O) groups excluding carboxylic acids is 6. The van der Waals surface area contributed by atoms with E-state index in [0.717, 1.165) is 180 Å². The molecule has 622 valence electrons. The van der Waals surface area contributed by atoms with Crippen LogP contribution in [0.15, 0.2) is 95.7 Å². The molecule has 4 unspecified atom stereocenters. The SMILES string of the molecule is CC(C)(C)OO.CC(C)C.COC1CCC2(CC1)Cc1ccc(Br)cc1C21N=C(N)N(C(C)C)C1=O.COC1CCC2(CC1)Cc1ccc(Br)cc1C21NC(=O)N(C(C)C)C1=O.COC1CCC2(CC1)Cc1ccc(Br)cc1C21NC(=O)NC1=O.COC1CCC2(CC1)Cc1ccc(Br)cc1C21NC(=S)N(C(C)C)C1=O.N.O. The Morgan fingerprint density at radius 3 is 1.08 bits per heavy atom. The second kappa shape index (κ2) is 35.3. The minimum atomic E-state index is -0.952. The van der Waals surface area contributed by atoms with E-state index in [1.54, 1.807) is 59.0 Å². The highest BCUT2D eigenvalue weighted by Crippen LogP contribution is 2.65. The number of carbonyl (C=O) groups is 6. The first kappa shape index (κ1) is 91.6. The maximum Gasteiger partial charge on any atom is 0.325 e. The van der Waals surface area contributed by atoms with Crippen molar-refractivity contribution in [2.24, 2.45) is 38.3 Å². The zero-order valence-corrected chi connectivity index (χ0v) is 75.8. The molecule has 7 fully saturated rings. The molecule has 4 heterocycles.